The van der Waals surface area contributed by atoms with E-state index in [9.17, 15) is 4.79 Å². The highest BCUT2D eigenvalue weighted by molar-refractivity contribution is 7.80. The number of alkyl halides is 3. The van der Waals surface area contributed by atoms with Crippen LogP contribution in [-0.4, -0.2) is 21.5 Å². The number of hydrogen-bond acceptors (Lipinski definition) is 2. The number of amides is 1. The van der Waals surface area contributed by atoms with Gasteiger partial charge in [0.25, 0.3) is 0 Å². The normalized spacial score (nSPS) is 12.7. The van der Waals surface area contributed by atoms with Crippen molar-refractivity contribution in [1.82, 2.24) is 5.32 Å². The van der Waals surface area contributed by atoms with E-state index in [0.717, 1.165) is 0 Å². The summed E-state index contributed by atoms with van der Waals surface area (Å²) in [7, 11) is 0. The minimum Gasteiger partial charge on any atom is -0.376 e. The molecule has 0 aliphatic heterocycles. The maximum atomic E-state index is 10.7. The van der Waals surface area contributed by atoms with E-state index in [1.165, 1.54) is 17.0 Å². The Morgan fingerprint density at radius 1 is 1.40 bits per heavy atom. The van der Waals surface area contributed by atoms with Crippen molar-refractivity contribution in [1.29, 1.82) is 0 Å². The molecule has 0 saturated carbocycles. The van der Waals surface area contributed by atoms with E-state index >= 15 is 0 Å². The zero-order chi connectivity index (χ0) is 15.5. The topological polar surface area (TPSA) is 58.4 Å². The van der Waals surface area contributed by atoms with Gasteiger partial charge in [-0.05, 0) is 30.4 Å². The van der Waals surface area contributed by atoms with Crippen LogP contribution in [0.5, 0.6) is 0 Å². The molecule has 1 amide bonds. The SMILES string of the molecule is NC(=S)N(c1cc(Cl)ccc1Cl)C(NC=O)C(Cl)(Cl)Cl. The number of nitrogens with one attached hydrogen (secondary N) is 1. The third-order valence-corrected chi connectivity index (χ3v) is 3.57. The van der Waals surface area contributed by atoms with Crippen molar-refractivity contribution >= 4 is 87.4 Å². The fourth-order valence-corrected chi connectivity index (χ4v) is 2.50. The molecule has 0 aliphatic carbocycles. The van der Waals surface area contributed by atoms with Gasteiger partial charge in [0.1, 0.15) is 0 Å². The van der Waals surface area contributed by atoms with E-state index in [2.05, 4.69) is 5.32 Å². The van der Waals surface area contributed by atoms with Crippen molar-refractivity contribution in [2.45, 2.75) is 9.96 Å². The van der Waals surface area contributed by atoms with Crippen LogP contribution < -0.4 is 16.0 Å². The Balaban J connectivity index is 3.38. The van der Waals surface area contributed by atoms with E-state index in [4.69, 9.17) is 76.0 Å². The summed E-state index contributed by atoms with van der Waals surface area (Å²) in [5.74, 6) is 0. The summed E-state index contributed by atoms with van der Waals surface area (Å²) in [5, 5.41) is 2.82. The average Bonchev–Trinajstić information content (AvgIpc) is 2.31. The lowest BCUT2D eigenvalue weighted by Crippen LogP contribution is -2.57. The van der Waals surface area contributed by atoms with Crippen LogP contribution in [0, 0.1) is 0 Å². The predicted molar refractivity (Wildman–Crippen MR) is 89.0 cm³/mol. The van der Waals surface area contributed by atoms with Crippen molar-refractivity contribution in [2.75, 3.05) is 4.90 Å². The van der Waals surface area contributed by atoms with Crippen LogP contribution in [0.2, 0.25) is 10.0 Å². The molecule has 110 valence electrons. The zero-order valence-electron chi connectivity index (χ0n) is 9.62. The Hall–Kier alpha value is -0.170. The molecule has 1 rings (SSSR count). The van der Waals surface area contributed by atoms with Gasteiger partial charge in [-0.1, -0.05) is 58.0 Å². The molecule has 0 heterocycles. The Bertz CT molecular complexity index is 522. The molecule has 0 bridgehead atoms. The van der Waals surface area contributed by atoms with Gasteiger partial charge in [0.15, 0.2) is 11.3 Å². The quantitative estimate of drug-likeness (QED) is 0.355. The lowest BCUT2D eigenvalue weighted by atomic mass is 10.2. The third kappa shape index (κ3) is 4.41. The Labute approximate surface area is 146 Å². The highest BCUT2D eigenvalue weighted by Gasteiger charge is 2.39. The molecule has 0 spiro atoms. The van der Waals surface area contributed by atoms with E-state index < -0.39 is 9.96 Å². The lowest BCUT2D eigenvalue weighted by molar-refractivity contribution is -0.110. The average molecular weight is 396 g/mol. The molecular weight excluding hydrogens is 387 g/mol. The number of carbonyl (C=O) groups excluding carboxylic acids is 1. The molecule has 0 aromatic heterocycles. The van der Waals surface area contributed by atoms with Crippen LogP contribution in [0.1, 0.15) is 0 Å². The molecule has 1 atom stereocenters. The molecule has 0 radical (unpaired) electrons. The summed E-state index contributed by atoms with van der Waals surface area (Å²) >= 11 is 34.4. The molecule has 10 heteroatoms. The number of benzene rings is 1. The van der Waals surface area contributed by atoms with Gasteiger partial charge in [0, 0.05) is 5.02 Å². The molecule has 20 heavy (non-hydrogen) atoms. The molecule has 4 nitrogen and oxygen atoms in total. The van der Waals surface area contributed by atoms with Crippen LogP contribution >= 0.6 is 70.2 Å². The minimum atomic E-state index is -1.91. The second kappa shape index (κ2) is 7.20. The fraction of sp³-hybridized carbons (Fsp3) is 0.200. The summed E-state index contributed by atoms with van der Waals surface area (Å²) in [6, 6.07) is 4.59. The number of hydrogen-bond donors (Lipinski definition) is 2. The lowest BCUT2D eigenvalue weighted by Gasteiger charge is -2.36. The molecule has 0 fully saturated rings. The minimum absolute atomic E-state index is 0.153. The summed E-state index contributed by atoms with van der Waals surface area (Å²) < 4.78 is -1.91. The van der Waals surface area contributed by atoms with E-state index in [-0.39, 0.29) is 10.1 Å². The van der Waals surface area contributed by atoms with Crippen LogP contribution in [0.15, 0.2) is 18.2 Å². The van der Waals surface area contributed by atoms with E-state index in [0.29, 0.717) is 17.1 Å². The first-order valence-corrected chi connectivity index (χ1v) is 7.28. The largest absolute Gasteiger partial charge is 0.376 e. The van der Waals surface area contributed by atoms with Gasteiger partial charge in [0.2, 0.25) is 10.2 Å². The maximum absolute atomic E-state index is 10.7. The molecule has 3 N–H and O–H groups in total. The van der Waals surface area contributed by atoms with Gasteiger partial charge < -0.3 is 11.1 Å². The number of rotatable bonds is 4. The number of anilines is 1. The molecule has 1 unspecified atom stereocenters. The fourth-order valence-electron chi connectivity index (χ4n) is 1.44. The summed E-state index contributed by atoms with van der Waals surface area (Å²) in [6.07, 6.45) is -0.797. The number of thiocarbonyl (C=S) groups is 1. The van der Waals surface area contributed by atoms with Gasteiger partial charge in [-0.15, -0.1) is 0 Å². The van der Waals surface area contributed by atoms with Crippen LogP contribution in [0.4, 0.5) is 5.69 Å². The second-order valence-corrected chi connectivity index (χ2v) is 7.16. The highest BCUT2D eigenvalue weighted by atomic mass is 35.6. The van der Waals surface area contributed by atoms with Gasteiger partial charge in [-0.25, -0.2) is 0 Å². The summed E-state index contributed by atoms with van der Waals surface area (Å²) in [5.41, 5.74) is 5.94. The Morgan fingerprint density at radius 3 is 2.45 bits per heavy atom. The smallest absolute Gasteiger partial charge is 0.229 e. The number of halogens is 5. The number of carbonyl (C=O) groups is 1. The summed E-state index contributed by atoms with van der Waals surface area (Å²) in [6.45, 7) is 0. The summed E-state index contributed by atoms with van der Waals surface area (Å²) in [4.78, 5) is 11.9. The van der Waals surface area contributed by atoms with Gasteiger partial charge >= 0.3 is 0 Å². The first-order chi connectivity index (χ1) is 9.18. The maximum Gasteiger partial charge on any atom is 0.229 e. The van der Waals surface area contributed by atoms with Gasteiger partial charge in [0.05, 0.1) is 10.7 Å². The van der Waals surface area contributed by atoms with Crippen molar-refractivity contribution in [3.63, 3.8) is 0 Å². The van der Waals surface area contributed by atoms with Gasteiger partial charge in [-0.2, -0.15) is 0 Å². The first-order valence-electron chi connectivity index (χ1n) is 4.98. The Kier molecular flexibility index (Phi) is 6.44. The van der Waals surface area contributed by atoms with Crippen molar-refractivity contribution in [2.24, 2.45) is 5.73 Å². The Morgan fingerprint density at radius 2 is 2.00 bits per heavy atom. The molecular formula is C10H8Cl5N3OS. The zero-order valence-corrected chi connectivity index (χ0v) is 14.2. The van der Waals surface area contributed by atoms with Gasteiger partial charge in [-0.3, -0.25) is 9.69 Å². The molecule has 1 aromatic rings. The van der Waals surface area contributed by atoms with E-state index in [1.54, 1.807) is 6.07 Å². The van der Waals surface area contributed by atoms with Crippen LogP contribution in [-0.2, 0) is 4.79 Å². The molecule has 0 saturated heterocycles. The molecule has 1 aromatic carbocycles. The number of nitrogens with zero attached hydrogens (tertiary/aromatic N) is 1. The number of nitrogens with two attached hydrogens (primary N) is 1. The highest BCUT2D eigenvalue weighted by Crippen LogP contribution is 2.37. The standard InChI is InChI=1S/C10H8Cl5N3OS/c11-5-1-2-6(12)7(3-5)18(9(16)20)8(17-4-19)10(13,14)15/h1-4,8H,(H2,16,20)(H,17,19). The van der Waals surface area contributed by atoms with Crippen molar-refractivity contribution < 1.29 is 4.79 Å². The van der Waals surface area contributed by atoms with Crippen molar-refractivity contribution in [3.05, 3.63) is 28.2 Å². The third-order valence-electron chi connectivity index (χ3n) is 2.20. The molecule has 0 aliphatic rings. The van der Waals surface area contributed by atoms with Crippen LogP contribution in [0.25, 0.3) is 0 Å². The van der Waals surface area contributed by atoms with Crippen molar-refractivity contribution in [3.8, 4) is 0 Å². The predicted octanol–water partition coefficient (Wildman–Crippen LogP) is 3.49. The van der Waals surface area contributed by atoms with Crippen LogP contribution in [0.3, 0.4) is 0 Å². The first kappa shape index (κ1) is 17.9. The second-order valence-electron chi connectivity index (χ2n) is 3.53. The van der Waals surface area contributed by atoms with E-state index in [1.807, 2.05) is 0 Å². The monoisotopic (exact) mass is 393 g/mol.